The van der Waals surface area contributed by atoms with Gasteiger partial charge in [0.1, 0.15) is 5.82 Å². The molecule has 7 heteroatoms. The van der Waals surface area contributed by atoms with Gasteiger partial charge in [-0.1, -0.05) is 0 Å². The van der Waals surface area contributed by atoms with E-state index >= 15 is 0 Å². The molecule has 0 radical (unpaired) electrons. The maximum Gasteiger partial charge on any atom is 0.354 e. The van der Waals surface area contributed by atoms with Crippen molar-refractivity contribution in [2.24, 2.45) is 0 Å². The average molecular weight is 245 g/mol. The van der Waals surface area contributed by atoms with E-state index in [0.717, 1.165) is 18.8 Å². The second-order valence-corrected chi connectivity index (χ2v) is 4.11. The van der Waals surface area contributed by atoms with Gasteiger partial charge in [0, 0.05) is 31.6 Å². The third kappa shape index (κ3) is 1.90. The van der Waals surface area contributed by atoms with Crippen molar-refractivity contribution >= 4 is 11.9 Å². The smallest absolute Gasteiger partial charge is 0.354 e. The zero-order chi connectivity index (χ0) is 12.5. The summed E-state index contributed by atoms with van der Waals surface area (Å²) in [4.78, 5) is 23.0. The molecule has 2 aromatic rings. The Morgan fingerprint density at radius 3 is 3.11 bits per heavy atom. The van der Waals surface area contributed by atoms with Crippen LogP contribution in [0.2, 0.25) is 0 Å². The van der Waals surface area contributed by atoms with Gasteiger partial charge in [-0.05, 0) is 6.07 Å². The number of nitrogens with zero attached hydrogens (tertiary/aromatic N) is 4. The zero-order valence-electron chi connectivity index (χ0n) is 9.45. The van der Waals surface area contributed by atoms with Crippen LogP contribution in [0.1, 0.15) is 16.3 Å². The largest absolute Gasteiger partial charge is 0.477 e. The Labute approximate surface area is 103 Å². The minimum atomic E-state index is -1.06. The summed E-state index contributed by atoms with van der Waals surface area (Å²) >= 11 is 0. The number of nitrogens with one attached hydrogen (secondary N) is 1. The van der Waals surface area contributed by atoms with Crippen LogP contribution in [0.5, 0.6) is 0 Å². The molecule has 92 valence electrons. The van der Waals surface area contributed by atoms with Gasteiger partial charge in [0.15, 0.2) is 5.69 Å². The summed E-state index contributed by atoms with van der Waals surface area (Å²) < 4.78 is 2.05. The van der Waals surface area contributed by atoms with Crippen molar-refractivity contribution in [1.82, 2.24) is 19.5 Å². The molecule has 0 aromatic carbocycles. The third-order valence-electron chi connectivity index (χ3n) is 2.86. The van der Waals surface area contributed by atoms with Gasteiger partial charge in [-0.15, -0.1) is 0 Å². The molecule has 1 unspecified atom stereocenters. The highest BCUT2D eigenvalue weighted by atomic mass is 16.4. The summed E-state index contributed by atoms with van der Waals surface area (Å²) in [5.41, 5.74) is -0.0109. The predicted molar refractivity (Wildman–Crippen MR) is 62.3 cm³/mol. The highest BCUT2D eigenvalue weighted by molar-refractivity contribution is 5.85. The monoisotopic (exact) mass is 245 g/mol. The molecule has 7 nitrogen and oxygen atoms in total. The molecule has 0 saturated heterocycles. The number of fused-ring (bicyclic) bond motifs is 1. The van der Waals surface area contributed by atoms with E-state index in [-0.39, 0.29) is 11.7 Å². The molecule has 3 heterocycles. The maximum atomic E-state index is 10.8. The van der Waals surface area contributed by atoms with Crippen LogP contribution in [-0.4, -0.2) is 36.6 Å². The van der Waals surface area contributed by atoms with Crippen LogP contribution in [0.25, 0.3) is 0 Å². The molecule has 2 aromatic heterocycles. The number of aromatic nitrogens is 4. The number of rotatable bonds is 3. The van der Waals surface area contributed by atoms with Crippen molar-refractivity contribution in [2.45, 2.75) is 19.0 Å². The lowest BCUT2D eigenvalue weighted by molar-refractivity contribution is 0.0690. The molecule has 18 heavy (non-hydrogen) atoms. The molecule has 1 aliphatic heterocycles. The van der Waals surface area contributed by atoms with Crippen molar-refractivity contribution in [2.75, 3.05) is 5.32 Å². The Morgan fingerprint density at radius 2 is 2.33 bits per heavy atom. The summed E-state index contributed by atoms with van der Waals surface area (Å²) in [6.07, 6.45) is 5.92. The molecule has 2 N–H and O–H groups in total. The molecule has 3 rings (SSSR count). The molecular formula is C11H11N5O2. The third-order valence-corrected chi connectivity index (χ3v) is 2.86. The Hall–Kier alpha value is -2.44. The normalized spacial score (nSPS) is 17.4. The van der Waals surface area contributed by atoms with Crippen molar-refractivity contribution in [3.8, 4) is 0 Å². The molecule has 0 fully saturated rings. The van der Waals surface area contributed by atoms with Crippen LogP contribution in [0.15, 0.2) is 24.7 Å². The standard InChI is InChI=1S/C11H11N5O2/c17-10(18)8-1-2-13-11(15-8)14-7-5-9-12-3-4-16(9)6-7/h1-4,7H,5-6H2,(H,17,18)(H,13,14,15). The first-order valence-corrected chi connectivity index (χ1v) is 5.55. The molecular weight excluding hydrogens is 234 g/mol. The van der Waals surface area contributed by atoms with E-state index in [2.05, 4.69) is 24.8 Å². The molecule has 0 bridgehead atoms. The van der Waals surface area contributed by atoms with Crippen LogP contribution in [0.3, 0.4) is 0 Å². The quantitative estimate of drug-likeness (QED) is 0.813. The van der Waals surface area contributed by atoms with E-state index in [1.165, 1.54) is 12.3 Å². The maximum absolute atomic E-state index is 10.8. The molecule has 0 saturated carbocycles. The topological polar surface area (TPSA) is 92.9 Å². The minimum Gasteiger partial charge on any atom is -0.477 e. The van der Waals surface area contributed by atoms with E-state index in [1.54, 1.807) is 6.20 Å². The number of anilines is 1. The fourth-order valence-corrected chi connectivity index (χ4v) is 2.05. The lowest BCUT2D eigenvalue weighted by Gasteiger charge is -2.11. The van der Waals surface area contributed by atoms with Gasteiger partial charge in [-0.3, -0.25) is 0 Å². The summed E-state index contributed by atoms with van der Waals surface area (Å²) in [5.74, 6) is 0.298. The Kier molecular flexibility index (Phi) is 2.44. The van der Waals surface area contributed by atoms with Crippen molar-refractivity contribution in [3.05, 3.63) is 36.2 Å². The number of carboxylic acids is 1. The van der Waals surface area contributed by atoms with Crippen LogP contribution in [0.4, 0.5) is 5.95 Å². The summed E-state index contributed by atoms with van der Waals surface area (Å²) in [6, 6.07) is 1.52. The molecule has 1 aliphatic rings. The van der Waals surface area contributed by atoms with Gasteiger partial charge in [0.25, 0.3) is 0 Å². The van der Waals surface area contributed by atoms with E-state index in [9.17, 15) is 4.79 Å². The van der Waals surface area contributed by atoms with Gasteiger partial charge in [0.05, 0.1) is 6.04 Å². The Balaban J connectivity index is 1.72. The van der Waals surface area contributed by atoms with Crippen LogP contribution in [-0.2, 0) is 13.0 Å². The number of hydrogen-bond acceptors (Lipinski definition) is 5. The van der Waals surface area contributed by atoms with Gasteiger partial charge < -0.3 is 15.0 Å². The van der Waals surface area contributed by atoms with Crippen molar-refractivity contribution < 1.29 is 9.90 Å². The SMILES string of the molecule is O=C(O)c1ccnc(NC2Cc3nccn3C2)n1. The highest BCUT2D eigenvalue weighted by Gasteiger charge is 2.22. The summed E-state index contributed by atoms with van der Waals surface area (Å²) in [6.45, 7) is 0.788. The summed E-state index contributed by atoms with van der Waals surface area (Å²) in [5, 5.41) is 12.0. The van der Waals surface area contributed by atoms with Crippen LogP contribution < -0.4 is 5.32 Å². The van der Waals surface area contributed by atoms with Crippen LogP contribution >= 0.6 is 0 Å². The number of carbonyl (C=O) groups is 1. The summed E-state index contributed by atoms with van der Waals surface area (Å²) in [7, 11) is 0. The molecule has 1 atom stereocenters. The average Bonchev–Trinajstić information content (AvgIpc) is 2.90. The molecule has 0 spiro atoms. The first kappa shape index (κ1) is 10.7. The number of hydrogen-bond donors (Lipinski definition) is 2. The van der Waals surface area contributed by atoms with Crippen LogP contribution in [0, 0.1) is 0 Å². The van der Waals surface area contributed by atoms with Gasteiger partial charge in [0.2, 0.25) is 5.95 Å². The van der Waals surface area contributed by atoms with E-state index in [4.69, 9.17) is 5.11 Å². The predicted octanol–water partition coefficient (Wildman–Crippen LogP) is 0.408. The number of imidazole rings is 1. The zero-order valence-corrected chi connectivity index (χ0v) is 9.45. The first-order chi connectivity index (χ1) is 8.72. The lowest BCUT2D eigenvalue weighted by Crippen LogP contribution is -2.22. The van der Waals surface area contributed by atoms with Gasteiger partial charge >= 0.3 is 5.97 Å². The molecule has 0 amide bonds. The van der Waals surface area contributed by atoms with Crippen molar-refractivity contribution in [1.29, 1.82) is 0 Å². The first-order valence-electron chi connectivity index (χ1n) is 5.55. The fourth-order valence-electron chi connectivity index (χ4n) is 2.05. The Morgan fingerprint density at radius 1 is 1.44 bits per heavy atom. The fraction of sp³-hybridized carbons (Fsp3) is 0.273. The van der Waals surface area contributed by atoms with E-state index in [1.807, 2.05) is 6.20 Å². The second-order valence-electron chi connectivity index (χ2n) is 4.11. The molecule has 0 aliphatic carbocycles. The van der Waals surface area contributed by atoms with Gasteiger partial charge in [-0.2, -0.15) is 0 Å². The number of aromatic carboxylic acids is 1. The number of carboxylic acid groups (broad SMARTS) is 1. The Bertz CT molecular complexity index is 574. The van der Waals surface area contributed by atoms with E-state index in [0.29, 0.717) is 5.95 Å². The highest BCUT2D eigenvalue weighted by Crippen LogP contribution is 2.15. The minimum absolute atomic E-state index is 0.0109. The van der Waals surface area contributed by atoms with Crippen molar-refractivity contribution in [3.63, 3.8) is 0 Å². The van der Waals surface area contributed by atoms with E-state index < -0.39 is 5.97 Å². The lowest BCUT2D eigenvalue weighted by atomic mass is 10.2. The second kappa shape index (κ2) is 4.10. The van der Waals surface area contributed by atoms with Gasteiger partial charge in [-0.25, -0.2) is 19.7 Å².